The van der Waals surface area contributed by atoms with Crippen molar-refractivity contribution in [1.29, 1.82) is 0 Å². The van der Waals surface area contributed by atoms with Crippen LogP contribution < -0.4 is 5.32 Å². The van der Waals surface area contributed by atoms with Crippen LogP contribution in [0.2, 0.25) is 0 Å². The molecule has 1 aliphatic rings. The normalized spacial score (nSPS) is 15.6. The molecule has 0 saturated heterocycles. The summed E-state index contributed by atoms with van der Waals surface area (Å²) in [5, 5.41) is 20.0. The maximum absolute atomic E-state index is 12.1. The molecule has 7 heteroatoms. The fourth-order valence-electron chi connectivity index (χ4n) is 2.01. The van der Waals surface area contributed by atoms with Gasteiger partial charge in [0, 0.05) is 18.7 Å². The number of carboxylic acid groups (broad SMARTS) is 2. The largest absolute Gasteiger partial charge is 0.481 e. The van der Waals surface area contributed by atoms with Crippen molar-refractivity contribution in [3.8, 4) is 0 Å². The van der Waals surface area contributed by atoms with Crippen molar-refractivity contribution in [3.05, 3.63) is 24.0 Å². The highest BCUT2D eigenvalue weighted by atomic mass is 16.4. The number of hydrogen-bond donors (Lipinski definition) is 3. The van der Waals surface area contributed by atoms with Gasteiger partial charge in [0.25, 0.3) is 5.91 Å². The van der Waals surface area contributed by atoms with E-state index in [1.165, 1.54) is 0 Å². The van der Waals surface area contributed by atoms with Gasteiger partial charge >= 0.3 is 11.9 Å². The van der Waals surface area contributed by atoms with E-state index < -0.39 is 23.9 Å². The van der Waals surface area contributed by atoms with Crippen LogP contribution >= 0.6 is 0 Å². The molecule has 1 aromatic rings. The molecule has 0 aromatic carbocycles. The zero-order valence-corrected chi connectivity index (χ0v) is 10.8. The molecule has 0 radical (unpaired) electrons. The van der Waals surface area contributed by atoms with Gasteiger partial charge in [0.2, 0.25) is 0 Å². The van der Waals surface area contributed by atoms with Crippen LogP contribution in [-0.2, 0) is 9.59 Å². The van der Waals surface area contributed by atoms with Crippen molar-refractivity contribution in [3.63, 3.8) is 0 Å². The first kappa shape index (κ1) is 14.1. The predicted octanol–water partition coefficient (Wildman–Crippen LogP) is 0.871. The van der Waals surface area contributed by atoms with Gasteiger partial charge < -0.3 is 20.1 Å². The molecule has 1 aromatic heterocycles. The standard InChI is InChI=1S/C13H16N2O5/c16-11(17)6-5-9(13(19)20)14-12(18)10-2-1-7-15(10)8-3-4-8/h1-2,7-9H,3-6H2,(H,14,18)(H,16,17)(H,19,20). The molecule has 1 amide bonds. The number of nitrogens with zero attached hydrogens (tertiary/aromatic N) is 1. The Hall–Kier alpha value is -2.31. The number of rotatable bonds is 7. The Kier molecular flexibility index (Phi) is 4.07. The first-order chi connectivity index (χ1) is 9.49. The van der Waals surface area contributed by atoms with Crippen LogP contribution in [0.5, 0.6) is 0 Å². The van der Waals surface area contributed by atoms with E-state index in [-0.39, 0.29) is 12.8 Å². The average Bonchev–Trinajstić information content (AvgIpc) is 3.11. The van der Waals surface area contributed by atoms with E-state index in [9.17, 15) is 14.4 Å². The van der Waals surface area contributed by atoms with E-state index in [0.29, 0.717) is 11.7 Å². The zero-order chi connectivity index (χ0) is 14.7. The summed E-state index contributed by atoms with van der Waals surface area (Å²) >= 11 is 0. The van der Waals surface area contributed by atoms with Crippen molar-refractivity contribution >= 4 is 17.8 Å². The third kappa shape index (κ3) is 3.37. The van der Waals surface area contributed by atoms with Gasteiger partial charge in [-0.1, -0.05) is 0 Å². The molecule has 1 atom stereocenters. The first-order valence-corrected chi connectivity index (χ1v) is 6.41. The molecule has 3 N–H and O–H groups in total. The lowest BCUT2D eigenvalue weighted by Crippen LogP contribution is -2.41. The van der Waals surface area contributed by atoms with Gasteiger partial charge in [-0.2, -0.15) is 0 Å². The summed E-state index contributed by atoms with van der Waals surface area (Å²) in [5.74, 6) is -2.81. The minimum atomic E-state index is -1.23. The molecule has 0 bridgehead atoms. The maximum Gasteiger partial charge on any atom is 0.326 e. The van der Waals surface area contributed by atoms with Gasteiger partial charge in [-0.25, -0.2) is 4.79 Å². The maximum atomic E-state index is 12.1. The molecule has 1 unspecified atom stereocenters. The van der Waals surface area contributed by atoms with Gasteiger partial charge in [-0.3, -0.25) is 9.59 Å². The zero-order valence-electron chi connectivity index (χ0n) is 10.8. The summed E-state index contributed by atoms with van der Waals surface area (Å²) < 4.78 is 1.82. The summed E-state index contributed by atoms with van der Waals surface area (Å²) in [4.78, 5) is 33.6. The Balaban J connectivity index is 2.01. The summed E-state index contributed by atoms with van der Waals surface area (Å²) in [6, 6.07) is 2.48. The van der Waals surface area contributed by atoms with E-state index in [2.05, 4.69) is 5.32 Å². The SMILES string of the molecule is O=C(O)CCC(NC(=O)c1cccn1C1CC1)C(=O)O. The van der Waals surface area contributed by atoms with E-state index in [1.807, 2.05) is 4.57 Å². The first-order valence-electron chi connectivity index (χ1n) is 6.41. The topological polar surface area (TPSA) is 109 Å². The highest BCUT2D eigenvalue weighted by molar-refractivity contribution is 5.95. The molecule has 7 nitrogen and oxygen atoms in total. The number of hydrogen-bond acceptors (Lipinski definition) is 3. The molecule has 1 fully saturated rings. The summed E-state index contributed by atoms with van der Waals surface area (Å²) in [6.07, 6.45) is 3.37. The third-order valence-corrected chi connectivity index (χ3v) is 3.20. The van der Waals surface area contributed by atoms with Crippen LogP contribution in [0.3, 0.4) is 0 Å². The van der Waals surface area contributed by atoms with Crippen LogP contribution in [0.4, 0.5) is 0 Å². The lowest BCUT2D eigenvalue weighted by atomic mass is 10.1. The third-order valence-electron chi connectivity index (χ3n) is 3.20. The molecule has 1 aliphatic carbocycles. The Morgan fingerprint density at radius 2 is 2.05 bits per heavy atom. The predicted molar refractivity (Wildman–Crippen MR) is 68.5 cm³/mol. The van der Waals surface area contributed by atoms with Crippen LogP contribution in [0.25, 0.3) is 0 Å². The molecule has 1 heterocycles. The molecule has 20 heavy (non-hydrogen) atoms. The van der Waals surface area contributed by atoms with Crippen LogP contribution in [0.1, 0.15) is 42.2 Å². The molecule has 108 valence electrons. The number of aromatic nitrogens is 1. The van der Waals surface area contributed by atoms with Crippen LogP contribution in [0, 0.1) is 0 Å². The van der Waals surface area contributed by atoms with Gasteiger partial charge in [-0.05, 0) is 31.4 Å². The Labute approximate surface area is 115 Å². The Bertz CT molecular complexity index is 533. The molecular formula is C13H16N2O5. The van der Waals surface area contributed by atoms with E-state index in [1.54, 1.807) is 18.3 Å². The van der Waals surface area contributed by atoms with Crippen molar-refractivity contribution in [2.75, 3.05) is 0 Å². The summed E-state index contributed by atoms with van der Waals surface area (Å²) in [7, 11) is 0. The highest BCUT2D eigenvalue weighted by Crippen LogP contribution is 2.35. The minimum absolute atomic E-state index is 0.138. The average molecular weight is 280 g/mol. The molecular weight excluding hydrogens is 264 g/mol. The molecule has 2 rings (SSSR count). The van der Waals surface area contributed by atoms with Crippen molar-refractivity contribution in [1.82, 2.24) is 9.88 Å². The minimum Gasteiger partial charge on any atom is -0.481 e. The number of carbonyl (C=O) groups excluding carboxylic acids is 1. The second-order valence-electron chi connectivity index (χ2n) is 4.83. The highest BCUT2D eigenvalue weighted by Gasteiger charge is 2.28. The monoisotopic (exact) mass is 280 g/mol. The fraction of sp³-hybridized carbons (Fsp3) is 0.462. The Morgan fingerprint density at radius 3 is 2.60 bits per heavy atom. The second kappa shape index (κ2) is 5.77. The van der Waals surface area contributed by atoms with Crippen molar-refractivity contribution in [2.24, 2.45) is 0 Å². The van der Waals surface area contributed by atoms with E-state index in [4.69, 9.17) is 10.2 Å². The van der Waals surface area contributed by atoms with Crippen molar-refractivity contribution in [2.45, 2.75) is 37.8 Å². The lowest BCUT2D eigenvalue weighted by Gasteiger charge is -2.14. The quantitative estimate of drug-likeness (QED) is 0.686. The van der Waals surface area contributed by atoms with E-state index >= 15 is 0 Å². The fourth-order valence-corrected chi connectivity index (χ4v) is 2.01. The summed E-state index contributed by atoms with van der Waals surface area (Å²) in [5.41, 5.74) is 0.411. The molecule has 0 spiro atoms. The summed E-state index contributed by atoms with van der Waals surface area (Å²) in [6.45, 7) is 0. The van der Waals surface area contributed by atoms with Crippen LogP contribution in [0.15, 0.2) is 18.3 Å². The smallest absolute Gasteiger partial charge is 0.326 e. The molecule has 1 saturated carbocycles. The van der Waals surface area contributed by atoms with Crippen LogP contribution in [-0.4, -0.2) is 38.7 Å². The number of carboxylic acids is 2. The molecule has 0 aliphatic heterocycles. The number of amides is 1. The van der Waals surface area contributed by atoms with Gasteiger partial charge in [-0.15, -0.1) is 0 Å². The number of nitrogens with one attached hydrogen (secondary N) is 1. The van der Waals surface area contributed by atoms with Gasteiger partial charge in [0.05, 0.1) is 0 Å². The van der Waals surface area contributed by atoms with Gasteiger partial charge in [0.15, 0.2) is 0 Å². The van der Waals surface area contributed by atoms with E-state index in [0.717, 1.165) is 12.8 Å². The number of aliphatic carboxylic acids is 2. The second-order valence-corrected chi connectivity index (χ2v) is 4.83. The Morgan fingerprint density at radius 1 is 1.35 bits per heavy atom. The van der Waals surface area contributed by atoms with Crippen molar-refractivity contribution < 1.29 is 24.6 Å². The van der Waals surface area contributed by atoms with Gasteiger partial charge in [0.1, 0.15) is 11.7 Å². The number of carbonyl (C=O) groups is 3. The lowest BCUT2D eigenvalue weighted by molar-refractivity contribution is -0.140.